The first-order valence-electron chi connectivity index (χ1n) is 11.8. The molecule has 38 heavy (non-hydrogen) atoms. The number of hydrogen-bond donors (Lipinski definition) is 1. The van der Waals surface area contributed by atoms with Crippen molar-refractivity contribution in [3.63, 3.8) is 0 Å². The lowest BCUT2D eigenvalue weighted by atomic mass is 10.0. The van der Waals surface area contributed by atoms with Gasteiger partial charge in [-0.25, -0.2) is 13.6 Å². The minimum absolute atomic E-state index is 0.0543. The fourth-order valence-corrected chi connectivity index (χ4v) is 4.87. The summed E-state index contributed by atoms with van der Waals surface area (Å²) < 4.78 is 30.1. The van der Waals surface area contributed by atoms with Crippen LogP contribution in [0.25, 0.3) is 10.9 Å². The van der Waals surface area contributed by atoms with Crippen molar-refractivity contribution in [1.29, 1.82) is 0 Å². The molecule has 1 fully saturated rings. The highest BCUT2D eigenvalue weighted by Gasteiger charge is 2.39. The zero-order valence-corrected chi connectivity index (χ0v) is 21.1. The predicted molar refractivity (Wildman–Crippen MR) is 136 cm³/mol. The number of carboxylic acid groups (broad SMARTS) is 1. The number of hydrogen-bond acceptors (Lipinski definition) is 4. The number of amides is 1. The maximum absolute atomic E-state index is 14.4. The summed E-state index contributed by atoms with van der Waals surface area (Å²) in [6.45, 7) is 0.875. The fraction of sp³-hybridized carbons (Fsp3) is 0.286. The molecule has 1 aliphatic rings. The molecule has 0 bridgehead atoms. The van der Waals surface area contributed by atoms with Crippen molar-refractivity contribution >= 4 is 45.9 Å². The van der Waals surface area contributed by atoms with Crippen LogP contribution in [0.2, 0.25) is 5.02 Å². The van der Waals surface area contributed by atoms with Crippen LogP contribution in [0.3, 0.4) is 0 Å². The number of Topliss-reactive ketones (excluding diaryl/α,β-unsaturated/α-hetero) is 2. The zero-order chi connectivity index (χ0) is 27.6. The van der Waals surface area contributed by atoms with E-state index in [4.69, 9.17) is 16.7 Å². The molecule has 1 N–H and O–H groups in total. The highest BCUT2D eigenvalue weighted by atomic mass is 35.5. The number of carboxylic acids is 1. The Bertz CT molecular complexity index is 1520. The van der Waals surface area contributed by atoms with Gasteiger partial charge in [-0.3, -0.25) is 14.4 Å². The number of likely N-dealkylation sites (tertiary alicyclic amines) is 1. The number of aliphatic carboxylic acids is 1. The number of aryl methyl sites for hydroxylation is 1. The predicted octanol–water partition coefficient (Wildman–Crippen LogP) is 4.21. The van der Waals surface area contributed by atoms with Crippen molar-refractivity contribution in [2.24, 2.45) is 0 Å². The van der Waals surface area contributed by atoms with Crippen molar-refractivity contribution < 1.29 is 33.1 Å². The highest BCUT2D eigenvalue weighted by Crippen LogP contribution is 2.27. The first-order chi connectivity index (χ1) is 18.0. The molecule has 0 saturated carbocycles. The number of ketones is 2. The van der Waals surface area contributed by atoms with Crippen LogP contribution in [0.4, 0.5) is 8.78 Å². The molecule has 1 saturated heterocycles. The molecule has 1 amide bonds. The molecule has 2 atom stereocenters. The maximum Gasteiger partial charge on any atom is 0.382 e. The number of benzene rings is 2. The summed E-state index contributed by atoms with van der Waals surface area (Å²) in [4.78, 5) is 50.4. The minimum atomic E-state index is -1.37. The number of fused-ring (bicyclic) bond motifs is 1. The highest BCUT2D eigenvalue weighted by molar-refractivity contribution is 6.30. The maximum atomic E-state index is 14.4. The zero-order valence-electron chi connectivity index (χ0n) is 20.3. The van der Waals surface area contributed by atoms with Crippen molar-refractivity contribution in [2.45, 2.75) is 44.9 Å². The Morgan fingerprint density at radius 2 is 1.95 bits per heavy atom. The molecular formula is C28H23ClF2N2O5. The van der Waals surface area contributed by atoms with Crippen LogP contribution < -0.4 is 0 Å². The number of halogens is 3. The molecular weight excluding hydrogens is 518 g/mol. The van der Waals surface area contributed by atoms with Crippen LogP contribution >= 0.6 is 11.6 Å². The summed E-state index contributed by atoms with van der Waals surface area (Å²) in [7, 11) is 0. The standard InChI is InChI=1S/C28H23ClF2N2O5/c1-16(34)21-14-32(23-8-5-17(11-20(21)23)6-10-27(37)38)15-26(36)33-13-19(30)12-24(33)25(35)9-7-18-3-2-4-22(29)28(18)31/h2-5,8,11,14,19,24H,7,9,12-13,15H2,1H3,(H,37,38)/t19-,24+/m1/s1. The first kappa shape index (κ1) is 27.0. The van der Waals surface area contributed by atoms with E-state index in [-0.39, 0.29) is 54.5 Å². The number of carbonyl (C=O) groups is 4. The molecule has 0 spiro atoms. The second-order valence-corrected chi connectivity index (χ2v) is 9.50. The van der Waals surface area contributed by atoms with E-state index in [9.17, 15) is 28.0 Å². The quantitative estimate of drug-likeness (QED) is 0.358. The Balaban J connectivity index is 1.54. The number of nitrogens with zero attached hydrogens (tertiary/aromatic N) is 2. The first-order valence-corrected chi connectivity index (χ1v) is 12.2. The summed E-state index contributed by atoms with van der Waals surface area (Å²) in [5, 5.41) is 9.22. The Morgan fingerprint density at radius 1 is 1.18 bits per heavy atom. The van der Waals surface area contributed by atoms with Crippen molar-refractivity contribution in [2.75, 3.05) is 6.54 Å². The van der Waals surface area contributed by atoms with E-state index in [1.807, 2.05) is 5.92 Å². The fourth-order valence-electron chi connectivity index (χ4n) is 4.68. The molecule has 7 nitrogen and oxygen atoms in total. The Morgan fingerprint density at radius 3 is 2.66 bits per heavy atom. The molecule has 2 heterocycles. The average molecular weight is 541 g/mol. The molecule has 196 valence electrons. The van der Waals surface area contributed by atoms with Crippen molar-refractivity contribution in [3.05, 3.63) is 70.1 Å². The van der Waals surface area contributed by atoms with Gasteiger partial charge in [0.15, 0.2) is 11.6 Å². The summed E-state index contributed by atoms with van der Waals surface area (Å²) in [6.07, 6.45) is -0.0295. The molecule has 3 aromatic rings. The lowest BCUT2D eigenvalue weighted by Crippen LogP contribution is -2.42. The van der Waals surface area contributed by atoms with E-state index in [2.05, 4.69) is 5.92 Å². The van der Waals surface area contributed by atoms with Gasteiger partial charge in [0.05, 0.1) is 17.6 Å². The third kappa shape index (κ3) is 5.76. The molecule has 1 aliphatic heterocycles. The smallest absolute Gasteiger partial charge is 0.382 e. The van der Waals surface area contributed by atoms with E-state index in [1.165, 1.54) is 34.7 Å². The van der Waals surface area contributed by atoms with Gasteiger partial charge < -0.3 is 14.6 Å². The topological polar surface area (TPSA) is 96.7 Å². The third-order valence-electron chi connectivity index (χ3n) is 6.49. The summed E-state index contributed by atoms with van der Waals surface area (Å²) in [5.41, 5.74) is 1.49. The Labute approximate surface area is 222 Å². The van der Waals surface area contributed by atoms with E-state index in [0.29, 0.717) is 22.0 Å². The molecule has 10 heteroatoms. The van der Waals surface area contributed by atoms with Crippen LogP contribution in [-0.4, -0.2) is 56.8 Å². The van der Waals surface area contributed by atoms with Gasteiger partial charge >= 0.3 is 5.97 Å². The molecule has 4 rings (SSSR count). The normalized spacial score (nSPS) is 16.8. The average Bonchev–Trinajstić information content (AvgIpc) is 3.44. The monoisotopic (exact) mass is 540 g/mol. The van der Waals surface area contributed by atoms with Crippen LogP contribution in [0.5, 0.6) is 0 Å². The number of rotatable bonds is 7. The largest absolute Gasteiger partial charge is 0.472 e. The van der Waals surface area contributed by atoms with Gasteiger partial charge in [-0.1, -0.05) is 29.7 Å². The number of carbonyl (C=O) groups excluding carboxylic acids is 3. The summed E-state index contributed by atoms with van der Waals surface area (Å²) in [5.74, 6) is 1.47. The molecule has 0 aliphatic carbocycles. The van der Waals surface area contributed by atoms with Crippen LogP contribution in [0.15, 0.2) is 42.6 Å². The van der Waals surface area contributed by atoms with Gasteiger partial charge in [0.1, 0.15) is 18.5 Å². The second kappa shape index (κ2) is 11.2. The van der Waals surface area contributed by atoms with Crippen LogP contribution in [0.1, 0.15) is 41.3 Å². The molecule has 1 aromatic heterocycles. The minimum Gasteiger partial charge on any atom is -0.472 e. The lowest BCUT2D eigenvalue weighted by Gasteiger charge is -2.24. The van der Waals surface area contributed by atoms with E-state index in [1.54, 1.807) is 24.3 Å². The summed E-state index contributed by atoms with van der Waals surface area (Å²) >= 11 is 5.80. The molecule has 2 aromatic carbocycles. The Kier molecular flexibility index (Phi) is 7.93. The van der Waals surface area contributed by atoms with E-state index >= 15 is 0 Å². The number of alkyl halides is 1. The summed E-state index contributed by atoms with van der Waals surface area (Å²) in [6, 6.07) is 8.27. The van der Waals surface area contributed by atoms with Crippen LogP contribution in [-0.2, 0) is 27.3 Å². The van der Waals surface area contributed by atoms with Gasteiger partial charge in [0.25, 0.3) is 0 Å². The van der Waals surface area contributed by atoms with Gasteiger partial charge in [-0.15, -0.1) is 0 Å². The van der Waals surface area contributed by atoms with Gasteiger partial charge in [0.2, 0.25) is 5.91 Å². The van der Waals surface area contributed by atoms with Crippen molar-refractivity contribution in [3.8, 4) is 11.8 Å². The van der Waals surface area contributed by atoms with Crippen molar-refractivity contribution in [1.82, 2.24) is 9.47 Å². The molecule has 0 radical (unpaired) electrons. The van der Waals surface area contributed by atoms with Gasteiger partial charge in [0, 0.05) is 47.0 Å². The van der Waals surface area contributed by atoms with Gasteiger partial charge in [-0.2, -0.15) is 0 Å². The van der Waals surface area contributed by atoms with E-state index < -0.39 is 29.9 Å². The van der Waals surface area contributed by atoms with Gasteiger partial charge in [-0.05, 0) is 43.2 Å². The third-order valence-corrected chi connectivity index (χ3v) is 6.79. The lowest BCUT2D eigenvalue weighted by molar-refractivity contribution is -0.138. The van der Waals surface area contributed by atoms with Crippen LogP contribution in [0, 0.1) is 17.7 Å². The van der Waals surface area contributed by atoms with E-state index in [0.717, 1.165) is 0 Å². The number of aromatic nitrogens is 1. The molecule has 0 unspecified atom stereocenters. The second-order valence-electron chi connectivity index (χ2n) is 9.09. The SMILES string of the molecule is CC(=O)c1cn(CC(=O)N2C[C@H](F)C[C@H]2C(=O)CCc2cccc(Cl)c2F)c2ccc(C#CC(=O)O)cc12. The Hall–Kier alpha value is -4.03.